The average Bonchev–Trinajstić information content (AvgIpc) is 2.93. The molecule has 1 aromatic rings. The molecule has 4 nitrogen and oxygen atoms in total. The van der Waals surface area contributed by atoms with E-state index < -0.39 is 0 Å². The molecule has 0 spiro atoms. The van der Waals surface area contributed by atoms with Gasteiger partial charge in [-0.2, -0.15) is 0 Å². The molecule has 1 aromatic carbocycles. The zero-order chi connectivity index (χ0) is 13.1. The van der Waals surface area contributed by atoms with Crippen molar-refractivity contribution < 1.29 is 9.53 Å². The van der Waals surface area contributed by atoms with Crippen molar-refractivity contribution in [2.24, 2.45) is 5.92 Å². The average molecular weight is 260 g/mol. The summed E-state index contributed by atoms with van der Waals surface area (Å²) in [6, 6.07) is 5.92. The summed E-state index contributed by atoms with van der Waals surface area (Å²) in [6.07, 6.45) is 3.30. The number of fused-ring (bicyclic) bond motifs is 1. The van der Waals surface area contributed by atoms with Crippen molar-refractivity contribution in [1.82, 2.24) is 5.32 Å². The van der Waals surface area contributed by atoms with Crippen LogP contribution in [-0.2, 0) is 11.2 Å². The van der Waals surface area contributed by atoms with Crippen LogP contribution in [0.2, 0.25) is 0 Å². The van der Waals surface area contributed by atoms with Gasteiger partial charge in [-0.15, -0.1) is 0 Å². The Hall–Kier alpha value is -1.55. The molecule has 1 atom stereocenters. The van der Waals surface area contributed by atoms with Crippen LogP contribution in [0, 0.1) is 5.92 Å². The van der Waals surface area contributed by atoms with Crippen molar-refractivity contribution in [3.8, 4) is 0 Å². The zero-order valence-electron chi connectivity index (χ0n) is 11.1. The molecule has 2 aliphatic heterocycles. The Labute approximate surface area is 113 Å². The third-order valence-electron chi connectivity index (χ3n) is 3.89. The quantitative estimate of drug-likeness (QED) is 0.871. The third-order valence-corrected chi connectivity index (χ3v) is 3.89. The van der Waals surface area contributed by atoms with Crippen LogP contribution in [0.15, 0.2) is 18.2 Å². The minimum Gasteiger partial charge on any atom is -0.384 e. The molecular weight excluding hydrogens is 240 g/mol. The predicted octanol–water partition coefficient (Wildman–Crippen LogP) is 1.81. The smallest absolute Gasteiger partial charge is 0.251 e. The maximum atomic E-state index is 12.1. The molecule has 0 saturated carbocycles. The first-order valence-electron chi connectivity index (χ1n) is 7.05. The van der Waals surface area contributed by atoms with Gasteiger partial charge in [0.2, 0.25) is 0 Å². The first kappa shape index (κ1) is 12.5. The Bertz CT molecular complexity index is 467. The van der Waals surface area contributed by atoms with E-state index in [0.717, 1.165) is 50.3 Å². The van der Waals surface area contributed by atoms with Crippen LogP contribution in [0.1, 0.15) is 28.8 Å². The van der Waals surface area contributed by atoms with Crippen molar-refractivity contribution in [3.05, 3.63) is 29.3 Å². The summed E-state index contributed by atoms with van der Waals surface area (Å²) in [5, 5.41) is 6.31. The number of hydrogen-bond donors (Lipinski definition) is 2. The Morgan fingerprint density at radius 1 is 1.47 bits per heavy atom. The summed E-state index contributed by atoms with van der Waals surface area (Å²) in [7, 11) is 0. The number of carbonyl (C=O) groups is 1. The molecule has 2 heterocycles. The summed E-state index contributed by atoms with van der Waals surface area (Å²) in [5.74, 6) is 0.479. The standard InChI is InChI=1S/C15H20N2O2/c18-15(17-9-11-2-1-7-19-10-11)13-4-3-12-5-6-16-14(12)8-13/h3-4,8,11,16H,1-2,5-7,9-10H2,(H,17,18). The van der Waals surface area contributed by atoms with Gasteiger partial charge in [-0.3, -0.25) is 4.79 Å². The molecule has 4 heteroatoms. The highest BCUT2D eigenvalue weighted by Crippen LogP contribution is 2.23. The molecular formula is C15H20N2O2. The number of rotatable bonds is 3. The Morgan fingerprint density at radius 3 is 3.26 bits per heavy atom. The van der Waals surface area contributed by atoms with Crippen LogP contribution in [-0.4, -0.2) is 32.2 Å². The molecule has 102 valence electrons. The summed E-state index contributed by atoms with van der Waals surface area (Å²) in [6.45, 7) is 3.32. The van der Waals surface area contributed by atoms with E-state index in [0.29, 0.717) is 12.5 Å². The largest absolute Gasteiger partial charge is 0.384 e. The lowest BCUT2D eigenvalue weighted by Crippen LogP contribution is -2.33. The van der Waals surface area contributed by atoms with Crippen LogP contribution in [0.25, 0.3) is 0 Å². The summed E-state index contributed by atoms with van der Waals surface area (Å²) in [5.41, 5.74) is 3.15. The molecule has 19 heavy (non-hydrogen) atoms. The number of anilines is 1. The zero-order valence-corrected chi connectivity index (χ0v) is 11.1. The van der Waals surface area contributed by atoms with Gasteiger partial charge in [0.1, 0.15) is 0 Å². The molecule has 0 radical (unpaired) electrons. The topological polar surface area (TPSA) is 50.4 Å². The molecule has 0 aliphatic carbocycles. The SMILES string of the molecule is O=C(NCC1CCCOC1)c1ccc2c(c1)NCC2. The first-order chi connectivity index (χ1) is 9.33. The summed E-state index contributed by atoms with van der Waals surface area (Å²) >= 11 is 0. The monoisotopic (exact) mass is 260 g/mol. The molecule has 1 amide bonds. The van der Waals surface area contributed by atoms with Crippen LogP contribution in [0.4, 0.5) is 5.69 Å². The Morgan fingerprint density at radius 2 is 2.42 bits per heavy atom. The minimum absolute atomic E-state index is 0.0158. The van der Waals surface area contributed by atoms with Crippen molar-refractivity contribution in [2.45, 2.75) is 19.3 Å². The summed E-state index contributed by atoms with van der Waals surface area (Å²) in [4.78, 5) is 12.1. The predicted molar refractivity (Wildman–Crippen MR) is 74.5 cm³/mol. The number of amides is 1. The Kier molecular flexibility index (Phi) is 3.69. The highest BCUT2D eigenvalue weighted by Gasteiger charge is 2.17. The van der Waals surface area contributed by atoms with E-state index in [1.54, 1.807) is 0 Å². The van der Waals surface area contributed by atoms with Gasteiger partial charge in [-0.25, -0.2) is 0 Å². The second-order valence-electron chi connectivity index (χ2n) is 5.34. The maximum absolute atomic E-state index is 12.1. The third kappa shape index (κ3) is 2.89. The lowest BCUT2D eigenvalue weighted by atomic mass is 10.0. The molecule has 1 fully saturated rings. The molecule has 0 bridgehead atoms. The highest BCUT2D eigenvalue weighted by molar-refractivity contribution is 5.95. The van der Waals surface area contributed by atoms with E-state index in [1.807, 2.05) is 18.2 Å². The minimum atomic E-state index is 0.0158. The Balaban J connectivity index is 1.57. The molecule has 1 unspecified atom stereocenters. The molecule has 1 saturated heterocycles. The first-order valence-corrected chi connectivity index (χ1v) is 7.05. The normalized spacial score (nSPS) is 21.6. The molecule has 2 aliphatic rings. The van der Waals surface area contributed by atoms with E-state index in [-0.39, 0.29) is 5.91 Å². The van der Waals surface area contributed by atoms with Gasteiger partial charge in [-0.1, -0.05) is 6.07 Å². The second kappa shape index (κ2) is 5.61. The molecule has 0 aromatic heterocycles. The van der Waals surface area contributed by atoms with E-state index >= 15 is 0 Å². The van der Waals surface area contributed by atoms with Crippen molar-refractivity contribution in [2.75, 3.05) is 31.6 Å². The second-order valence-corrected chi connectivity index (χ2v) is 5.34. The van der Waals surface area contributed by atoms with Gasteiger partial charge in [0.25, 0.3) is 5.91 Å². The fourth-order valence-corrected chi connectivity index (χ4v) is 2.74. The molecule has 3 rings (SSSR count). The number of benzene rings is 1. The van der Waals surface area contributed by atoms with Crippen molar-refractivity contribution in [1.29, 1.82) is 0 Å². The fourth-order valence-electron chi connectivity index (χ4n) is 2.74. The van der Waals surface area contributed by atoms with Gasteiger partial charge < -0.3 is 15.4 Å². The van der Waals surface area contributed by atoms with E-state index in [9.17, 15) is 4.79 Å². The lowest BCUT2D eigenvalue weighted by Gasteiger charge is -2.22. The van der Waals surface area contributed by atoms with Gasteiger partial charge in [0, 0.05) is 30.9 Å². The van der Waals surface area contributed by atoms with E-state index in [2.05, 4.69) is 10.6 Å². The van der Waals surface area contributed by atoms with Crippen molar-refractivity contribution >= 4 is 11.6 Å². The number of hydrogen-bond acceptors (Lipinski definition) is 3. The van der Waals surface area contributed by atoms with Crippen LogP contribution in [0.3, 0.4) is 0 Å². The van der Waals surface area contributed by atoms with Gasteiger partial charge in [0.15, 0.2) is 0 Å². The number of carbonyl (C=O) groups excluding carboxylic acids is 1. The lowest BCUT2D eigenvalue weighted by molar-refractivity contribution is 0.0536. The van der Waals surface area contributed by atoms with Crippen LogP contribution < -0.4 is 10.6 Å². The van der Waals surface area contributed by atoms with Crippen LogP contribution in [0.5, 0.6) is 0 Å². The molecule has 2 N–H and O–H groups in total. The number of ether oxygens (including phenoxy) is 1. The maximum Gasteiger partial charge on any atom is 0.251 e. The van der Waals surface area contributed by atoms with Crippen molar-refractivity contribution in [3.63, 3.8) is 0 Å². The van der Waals surface area contributed by atoms with E-state index in [1.165, 1.54) is 5.56 Å². The fraction of sp³-hybridized carbons (Fsp3) is 0.533. The van der Waals surface area contributed by atoms with Crippen LogP contribution >= 0.6 is 0 Å². The van der Waals surface area contributed by atoms with E-state index in [4.69, 9.17) is 4.74 Å². The summed E-state index contributed by atoms with van der Waals surface area (Å²) < 4.78 is 5.42. The van der Waals surface area contributed by atoms with Gasteiger partial charge in [0.05, 0.1) is 6.61 Å². The van der Waals surface area contributed by atoms with Gasteiger partial charge in [-0.05, 0) is 42.9 Å². The number of nitrogens with one attached hydrogen (secondary N) is 2. The highest BCUT2D eigenvalue weighted by atomic mass is 16.5. The van der Waals surface area contributed by atoms with Gasteiger partial charge >= 0.3 is 0 Å².